The standard InChI is InChI=1S/C21H29BrN2O4S/c1-3-21(26)24-10-8-15-12-16(22)19(13-18(15)24)29(27,28)11-9-20(25)23-17-7-5-4-6-14(17)2/h12-14,17H,3-11H2,1-2H3,(H,23,25)/t14-,17+/m1/s1. The molecule has 3 rings (SSSR count). The van der Waals surface area contributed by atoms with Crippen LogP contribution in [0.25, 0.3) is 0 Å². The number of carbonyl (C=O) groups is 2. The van der Waals surface area contributed by atoms with E-state index in [4.69, 9.17) is 0 Å². The molecule has 29 heavy (non-hydrogen) atoms. The molecule has 1 saturated carbocycles. The van der Waals surface area contributed by atoms with Gasteiger partial charge >= 0.3 is 0 Å². The summed E-state index contributed by atoms with van der Waals surface area (Å²) in [5.41, 5.74) is 1.63. The largest absolute Gasteiger partial charge is 0.353 e. The van der Waals surface area contributed by atoms with Crippen LogP contribution < -0.4 is 10.2 Å². The number of sulfone groups is 1. The Bertz CT molecular complexity index is 900. The van der Waals surface area contributed by atoms with E-state index >= 15 is 0 Å². The zero-order valence-corrected chi connectivity index (χ0v) is 19.4. The minimum atomic E-state index is -3.66. The number of carbonyl (C=O) groups excluding carboxylic acids is 2. The van der Waals surface area contributed by atoms with Crippen LogP contribution in [0.5, 0.6) is 0 Å². The molecule has 2 atom stereocenters. The van der Waals surface area contributed by atoms with Gasteiger partial charge in [0.2, 0.25) is 11.8 Å². The van der Waals surface area contributed by atoms with Crippen LogP contribution >= 0.6 is 15.9 Å². The van der Waals surface area contributed by atoms with E-state index in [-0.39, 0.29) is 34.9 Å². The van der Waals surface area contributed by atoms with E-state index in [0.29, 0.717) is 35.5 Å². The molecular formula is C21H29BrN2O4S. The summed E-state index contributed by atoms with van der Waals surface area (Å²) in [5, 5.41) is 3.01. The van der Waals surface area contributed by atoms with Crippen LogP contribution in [0.3, 0.4) is 0 Å². The quantitative estimate of drug-likeness (QED) is 0.668. The van der Waals surface area contributed by atoms with Crippen molar-refractivity contribution in [1.29, 1.82) is 0 Å². The molecule has 6 nitrogen and oxygen atoms in total. The van der Waals surface area contributed by atoms with Crippen molar-refractivity contribution in [2.24, 2.45) is 5.92 Å². The first-order valence-corrected chi connectivity index (χ1v) is 12.8. The Balaban J connectivity index is 1.71. The maximum Gasteiger partial charge on any atom is 0.226 e. The van der Waals surface area contributed by atoms with Crippen LogP contribution in [0.15, 0.2) is 21.5 Å². The number of rotatable bonds is 6. The average Bonchev–Trinajstić information content (AvgIpc) is 3.09. The molecule has 1 aromatic carbocycles. The summed E-state index contributed by atoms with van der Waals surface area (Å²) in [6.45, 7) is 4.49. The lowest BCUT2D eigenvalue weighted by atomic mass is 9.86. The van der Waals surface area contributed by atoms with Gasteiger partial charge in [-0.2, -0.15) is 0 Å². The summed E-state index contributed by atoms with van der Waals surface area (Å²) in [4.78, 5) is 26.3. The Morgan fingerprint density at radius 3 is 2.66 bits per heavy atom. The third-order valence-electron chi connectivity index (χ3n) is 6.02. The number of anilines is 1. The SMILES string of the molecule is CCC(=O)N1CCc2cc(Br)c(S(=O)(=O)CCC(=O)N[C@H]3CCCC[C@H]3C)cc21. The highest BCUT2D eigenvalue weighted by molar-refractivity contribution is 9.10. The maximum atomic E-state index is 12.9. The predicted octanol–water partition coefficient (Wildman–Crippen LogP) is 3.61. The van der Waals surface area contributed by atoms with Gasteiger partial charge in [0.05, 0.1) is 10.6 Å². The van der Waals surface area contributed by atoms with Gasteiger partial charge in [0.25, 0.3) is 0 Å². The Morgan fingerprint density at radius 1 is 1.24 bits per heavy atom. The van der Waals surface area contributed by atoms with Crippen molar-refractivity contribution in [3.8, 4) is 0 Å². The van der Waals surface area contributed by atoms with Crippen LogP contribution in [-0.4, -0.2) is 38.6 Å². The van der Waals surface area contributed by atoms with E-state index in [9.17, 15) is 18.0 Å². The van der Waals surface area contributed by atoms with Crippen LogP contribution in [0.1, 0.15) is 57.9 Å². The van der Waals surface area contributed by atoms with E-state index in [2.05, 4.69) is 28.2 Å². The number of halogens is 1. The smallest absolute Gasteiger partial charge is 0.226 e. The lowest BCUT2D eigenvalue weighted by Gasteiger charge is -2.29. The molecule has 0 saturated heterocycles. The number of amides is 2. The Morgan fingerprint density at radius 2 is 1.97 bits per heavy atom. The van der Waals surface area contributed by atoms with E-state index in [1.54, 1.807) is 24.0 Å². The Kier molecular flexibility index (Phi) is 7.04. The topological polar surface area (TPSA) is 83.6 Å². The van der Waals surface area contributed by atoms with Gasteiger partial charge in [-0.05, 0) is 58.8 Å². The second kappa shape index (κ2) is 9.16. The van der Waals surface area contributed by atoms with E-state index in [1.807, 2.05) is 0 Å². The molecular weight excluding hydrogens is 456 g/mol. The average molecular weight is 485 g/mol. The molecule has 1 aliphatic carbocycles. The highest BCUT2D eigenvalue weighted by atomic mass is 79.9. The van der Waals surface area contributed by atoms with Gasteiger partial charge in [-0.1, -0.05) is 26.7 Å². The molecule has 160 valence electrons. The summed E-state index contributed by atoms with van der Waals surface area (Å²) in [7, 11) is -3.66. The van der Waals surface area contributed by atoms with E-state index in [1.165, 1.54) is 6.42 Å². The third-order valence-corrected chi connectivity index (χ3v) is 8.69. The van der Waals surface area contributed by atoms with Crippen molar-refractivity contribution >= 4 is 43.3 Å². The van der Waals surface area contributed by atoms with Crippen LogP contribution in [0, 0.1) is 5.92 Å². The number of nitrogens with one attached hydrogen (secondary N) is 1. The van der Waals surface area contributed by atoms with Crippen molar-refractivity contribution in [2.45, 2.75) is 69.7 Å². The molecule has 1 fully saturated rings. The lowest BCUT2D eigenvalue weighted by molar-refractivity contribution is -0.122. The highest BCUT2D eigenvalue weighted by Gasteiger charge is 2.29. The van der Waals surface area contributed by atoms with Gasteiger partial charge in [0.15, 0.2) is 9.84 Å². The first kappa shape index (κ1) is 22.3. The van der Waals surface area contributed by atoms with Crippen molar-refractivity contribution in [3.05, 3.63) is 22.2 Å². The van der Waals surface area contributed by atoms with Crippen LogP contribution in [0.4, 0.5) is 5.69 Å². The van der Waals surface area contributed by atoms with E-state index in [0.717, 1.165) is 24.8 Å². The van der Waals surface area contributed by atoms with Crippen LogP contribution in [-0.2, 0) is 25.8 Å². The first-order valence-electron chi connectivity index (χ1n) is 10.4. The van der Waals surface area contributed by atoms with E-state index < -0.39 is 9.84 Å². The molecule has 1 N–H and O–H groups in total. The predicted molar refractivity (Wildman–Crippen MR) is 117 cm³/mol. The van der Waals surface area contributed by atoms with Gasteiger partial charge < -0.3 is 10.2 Å². The summed E-state index contributed by atoms with van der Waals surface area (Å²) in [6, 6.07) is 3.50. The van der Waals surface area contributed by atoms with Crippen molar-refractivity contribution in [2.75, 3.05) is 17.2 Å². The third kappa shape index (κ3) is 5.02. The normalized spacial score (nSPS) is 21.7. The number of nitrogens with zero attached hydrogens (tertiary/aromatic N) is 1. The molecule has 2 aliphatic rings. The molecule has 2 amide bonds. The first-order chi connectivity index (χ1) is 13.7. The van der Waals surface area contributed by atoms with Crippen molar-refractivity contribution < 1.29 is 18.0 Å². The number of hydrogen-bond donors (Lipinski definition) is 1. The van der Waals surface area contributed by atoms with Gasteiger partial charge in [0.1, 0.15) is 0 Å². The van der Waals surface area contributed by atoms with Crippen LogP contribution in [0.2, 0.25) is 0 Å². The number of fused-ring (bicyclic) bond motifs is 1. The van der Waals surface area contributed by atoms with Crippen molar-refractivity contribution in [1.82, 2.24) is 5.32 Å². The fourth-order valence-electron chi connectivity index (χ4n) is 4.22. The summed E-state index contributed by atoms with van der Waals surface area (Å²) in [5.74, 6) is -0.0565. The summed E-state index contributed by atoms with van der Waals surface area (Å²) >= 11 is 3.37. The lowest BCUT2D eigenvalue weighted by Crippen LogP contribution is -2.41. The second-order valence-corrected chi connectivity index (χ2v) is 11.0. The Labute approximate surface area is 181 Å². The highest BCUT2D eigenvalue weighted by Crippen LogP contribution is 2.36. The van der Waals surface area contributed by atoms with Gasteiger partial charge in [-0.3, -0.25) is 9.59 Å². The number of benzene rings is 1. The minimum absolute atomic E-state index is 0.0181. The summed E-state index contributed by atoms with van der Waals surface area (Å²) < 4.78 is 26.4. The van der Waals surface area contributed by atoms with Gasteiger partial charge in [-0.25, -0.2) is 8.42 Å². The molecule has 0 unspecified atom stereocenters. The van der Waals surface area contributed by atoms with Gasteiger partial charge in [-0.15, -0.1) is 0 Å². The number of hydrogen-bond acceptors (Lipinski definition) is 4. The van der Waals surface area contributed by atoms with Crippen molar-refractivity contribution in [3.63, 3.8) is 0 Å². The fraction of sp³-hybridized carbons (Fsp3) is 0.619. The zero-order valence-electron chi connectivity index (χ0n) is 17.0. The molecule has 1 aromatic rings. The molecule has 0 bridgehead atoms. The monoisotopic (exact) mass is 484 g/mol. The molecule has 0 radical (unpaired) electrons. The maximum absolute atomic E-state index is 12.9. The molecule has 8 heteroatoms. The Hall–Kier alpha value is -1.41. The minimum Gasteiger partial charge on any atom is -0.353 e. The molecule has 1 heterocycles. The molecule has 1 aliphatic heterocycles. The molecule has 0 spiro atoms. The second-order valence-electron chi connectivity index (χ2n) is 8.06. The zero-order chi connectivity index (χ0) is 21.2. The molecule has 0 aromatic heterocycles. The summed E-state index contributed by atoms with van der Waals surface area (Å²) in [6.07, 6.45) is 5.36. The fourth-order valence-corrected chi connectivity index (χ4v) is 6.67. The van der Waals surface area contributed by atoms with Gasteiger partial charge in [0, 0.05) is 35.6 Å².